The molecule has 1 amide bonds. The smallest absolute Gasteiger partial charge is 0.230 e. The van der Waals surface area contributed by atoms with Gasteiger partial charge in [0, 0.05) is 35.9 Å². The summed E-state index contributed by atoms with van der Waals surface area (Å²) in [6, 6.07) is 14.9. The fourth-order valence-electron chi connectivity index (χ4n) is 3.33. The van der Waals surface area contributed by atoms with Gasteiger partial charge in [-0.25, -0.2) is 4.39 Å². The van der Waals surface area contributed by atoms with Gasteiger partial charge in [0.25, 0.3) is 0 Å². The fourth-order valence-corrected chi connectivity index (χ4v) is 4.33. The van der Waals surface area contributed by atoms with Gasteiger partial charge in [-0.05, 0) is 36.1 Å². The average Bonchev–Trinajstić information content (AvgIpc) is 2.69. The van der Waals surface area contributed by atoms with Gasteiger partial charge >= 0.3 is 0 Å². The van der Waals surface area contributed by atoms with Crippen molar-refractivity contribution in [2.24, 2.45) is 0 Å². The lowest BCUT2D eigenvalue weighted by molar-refractivity contribution is -0.119. The third-order valence-corrected chi connectivity index (χ3v) is 6.18. The second kappa shape index (κ2) is 9.58. The predicted molar refractivity (Wildman–Crippen MR) is 109 cm³/mol. The average molecular weight is 408 g/mol. The monoisotopic (exact) mass is 407 g/mol. The molecule has 3 rings (SSSR count). The molecule has 0 aromatic heterocycles. The van der Waals surface area contributed by atoms with E-state index in [4.69, 9.17) is 16.3 Å². The van der Waals surface area contributed by atoms with E-state index < -0.39 is 0 Å². The zero-order valence-electron chi connectivity index (χ0n) is 15.0. The summed E-state index contributed by atoms with van der Waals surface area (Å²) in [5.41, 5.74) is 1.72. The van der Waals surface area contributed by atoms with Crippen LogP contribution in [-0.2, 0) is 20.7 Å². The van der Waals surface area contributed by atoms with Gasteiger partial charge in [-0.15, -0.1) is 11.8 Å². The summed E-state index contributed by atoms with van der Waals surface area (Å²) in [4.78, 5) is 12.3. The second-order valence-corrected chi connectivity index (χ2v) is 8.19. The molecule has 0 unspecified atom stereocenters. The first kappa shape index (κ1) is 20.2. The summed E-state index contributed by atoms with van der Waals surface area (Å²) in [5, 5.41) is 3.45. The molecule has 1 saturated heterocycles. The van der Waals surface area contributed by atoms with Gasteiger partial charge in [-0.2, -0.15) is 0 Å². The number of hydrogen-bond donors (Lipinski definition) is 1. The Morgan fingerprint density at radius 3 is 2.63 bits per heavy atom. The van der Waals surface area contributed by atoms with Crippen molar-refractivity contribution >= 4 is 29.3 Å². The Morgan fingerprint density at radius 1 is 1.19 bits per heavy atom. The van der Waals surface area contributed by atoms with Gasteiger partial charge in [0.1, 0.15) is 5.82 Å². The number of nitrogens with one attached hydrogen (secondary N) is 1. The number of hydrogen-bond acceptors (Lipinski definition) is 3. The molecule has 2 aromatic carbocycles. The SMILES string of the molecule is O=C(CSCc1ccc(Cl)cc1F)NCC1(c2ccccc2)CCOCC1. The van der Waals surface area contributed by atoms with Crippen LogP contribution in [0.5, 0.6) is 0 Å². The number of halogens is 2. The van der Waals surface area contributed by atoms with E-state index in [1.54, 1.807) is 12.1 Å². The Kier molecular flexibility index (Phi) is 7.16. The molecule has 0 radical (unpaired) electrons. The highest BCUT2D eigenvalue weighted by Crippen LogP contribution is 2.34. The van der Waals surface area contributed by atoms with Gasteiger partial charge in [0.05, 0.1) is 5.75 Å². The molecule has 0 saturated carbocycles. The van der Waals surface area contributed by atoms with Crippen LogP contribution in [0.1, 0.15) is 24.0 Å². The molecule has 1 N–H and O–H groups in total. The summed E-state index contributed by atoms with van der Waals surface area (Å²) < 4.78 is 19.3. The number of amides is 1. The third-order valence-electron chi connectivity index (χ3n) is 4.97. The molecule has 6 heteroatoms. The van der Waals surface area contributed by atoms with Crippen LogP contribution in [0, 0.1) is 5.82 Å². The van der Waals surface area contributed by atoms with Crippen LogP contribution in [0.3, 0.4) is 0 Å². The standard InChI is InChI=1S/C21H23ClFNO2S/c22-18-7-6-16(19(23)12-18)13-27-14-20(25)24-15-21(8-10-26-11-9-21)17-4-2-1-3-5-17/h1-7,12H,8-11,13-15H2,(H,24,25). The zero-order valence-corrected chi connectivity index (χ0v) is 16.6. The lowest BCUT2D eigenvalue weighted by atomic mass is 9.74. The largest absolute Gasteiger partial charge is 0.381 e. The molecule has 1 aliphatic heterocycles. The van der Waals surface area contributed by atoms with E-state index in [9.17, 15) is 9.18 Å². The molecule has 3 nitrogen and oxygen atoms in total. The summed E-state index contributed by atoms with van der Waals surface area (Å²) in [7, 11) is 0. The summed E-state index contributed by atoms with van der Waals surface area (Å²) >= 11 is 7.16. The van der Waals surface area contributed by atoms with E-state index in [1.807, 2.05) is 18.2 Å². The van der Waals surface area contributed by atoms with Gasteiger partial charge in [-0.1, -0.05) is 48.0 Å². The van der Waals surface area contributed by atoms with Crippen molar-refractivity contribution in [3.8, 4) is 0 Å². The summed E-state index contributed by atoms with van der Waals surface area (Å²) in [5.74, 6) is 0.370. The Morgan fingerprint density at radius 2 is 1.93 bits per heavy atom. The Bertz CT molecular complexity index is 766. The number of benzene rings is 2. The van der Waals surface area contributed by atoms with E-state index in [2.05, 4.69) is 17.4 Å². The minimum Gasteiger partial charge on any atom is -0.381 e. The molecule has 1 aliphatic rings. The van der Waals surface area contributed by atoms with Crippen molar-refractivity contribution in [3.63, 3.8) is 0 Å². The second-order valence-electron chi connectivity index (χ2n) is 6.76. The Labute approximate surface area is 168 Å². The molecule has 144 valence electrons. The van der Waals surface area contributed by atoms with Crippen LogP contribution in [0.15, 0.2) is 48.5 Å². The van der Waals surface area contributed by atoms with E-state index in [1.165, 1.54) is 23.4 Å². The highest BCUT2D eigenvalue weighted by molar-refractivity contribution is 7.99. The van der Waals surface area contributed by atoms with Crippen LogP contribution < -0.4 is 5.32 Å². The molecular weight excluding hydrogens is 385 g/mol. The maximum atomic E-state index is 13.8. The first-order valence-electron chi connectivity index (χ1n) is 9.01. The molecule has 0 bridgehead atoms. The maximum Gasteiger partial charge on any atom is 0.230 e. The highest BCUT2D eigenvalue weighted by Gasteiger charge is 2.34. The van der Waals surface area contributed by atoms with E-state index in [0.717, 1.165) is 12.8 Å². The predicted octanol–water partition coefficient (Wildman–Crippen LogP) is 4.58. The van der Waals surface area contributed by atoms with Gasteiger partial charge in [-0.3, -0.25) is 4.79 Å². The van der Waals surface area contributed by atoms with Gasteiger partial charge in [0.15, 0.2) is 0 Å². The zero-order chi connectivity index (χ0) is 19.1. The first-order chi connectivity index (χ1) is 13.1. The van der Waals surface area contributed by atoms with Crippen molar-refractivity contribution < 1.29 is 13.9 Å². The Hall–Kier alpha value is -1.56. The number of carbonyl (C=O) groups excluding carboxylic acids is 1. The van der Waals surface area contributed by atoms with Crippen LogP contribution in [0.4, 0.5) is 4.39 Å². The number of carbonyl (C=O) groups is 1. The summed E-state index contributed by atoms with van der Waals surface area (Å²) in [6.45, 7) is 2.00. The number of ether oxygens (including phenoxy) is 1. The molecule has 0 spiro atoms. The minimum absolute atomic E-state index is 0.0313. The van der Waals surface area contributed by atoms with Crippen LogP contribution in [0.25, 0.3) is 0 Å². The molecular formula is C21H23ClFNO2S. The summed E-state index contributed by atoms with van der Waals surface area (Å²) in [6.07, 6.45) is 1.78. The lowest BCUT2D eigenvalue weighted by Crippen LogP contribution is -2.45. The minimum atomic E-state index is -0.333. The third kappa shape index (κ3) is 5.47. The maximum absolute atomic E-state index is 13.8. The quantitative estimate of drug-likeness (QED) is 0.730. The Balaban J connectivity index is 1.52. The molecule has 0 aliphatic carbocycles. The van der Waals surface area contributed by atoms with Crippen molar-refractivity contribution in [3.05, 3.63) is 70.5 Å². The van der Waals surface area contributed by atoms with E-state index >= 15 is 0 Å². The fraction of sp³-hybridized carbons (Fsp3) is 0.381. The molecule has 2 aromatic rings. The van der Waals surface area contributed by atoms with Crippen LogP contribution in [0.2, 0.25) is 5.02 Å². The van der Waals surface area contributed by atoms with Crippen LogP contribution >= 0.6 is 23.4 Å². The van der Waals surface area contributed by atoms with Gasteiger partial charge < -0.3 is 10.1 Å². The lowest BCUT2D eigenvalue weighted by Gasteiger charge is -2.38. The molecule has 1 heterocycles. The topological polar surface area (TPSA) is 38.3 Å². The molecule has 27 heavy (non-hydrogen) atoms. The molecule has 1 fully saturated rings. The van der Waals surface area contributed by atoms with E-state index in [-0.39, 0.29) is 17.1 Å². The van der Waals surface area contributed by atoms with Crippen LogP contribution in [-0.4, -0.2) is 31.4 Å². The highest BCUT2D eigenvalue weighted by atomic mass is 35.5. The first-order valence-corrected chi connectivity index (χ1v) is 10.5. The van der Waals surface area contributed by atoms with E-state index in [0.29, 0.717) is 41.9 Å². The molecule has 0 atom stereocenters. The van der Waals surface area contributed by atoms with Crippen molar-refractivity contribution in [1.29, 1.82) is 0 Å². The number of thioether (sulfide) groups is 1. The van der Waals surface area contributed by atoms with Crippen molar-refractivity contribution in [2.45, 2.75) is 24.0 Å². The normalized spacial score (nSPS) is 16.1. The van der Waals surface area contributed by atoms with Crippen molar-refractivity contribution in [2.75, 3.05) is 25.5 Å². The van der Waals surface area contributed by atoms with Gasteiger partial charge in [0.2, 0.25) is 5.91 Å². The number of rotatable bonds is 7. The van der Waals surface area contributed by atoms with Crippen molar-refractivity contribution in [1.82, 2.24) is 5.32 Å².